The third-order valence-corrected chi connectivity index (χ3v) is 5.50. The van der Waals surface area contributed by atoms with Crippen molar-refractivity contribution in [3.05, 3.63) is 12.2 Å². The number of ether oxygens (including phenoxy) is 1. The molecule has 1 unspecified atom stereocenters. The summed E-state index contributed by atoms with van der Waals surface area (Å²) in [5, 5.41) is -0.0830. The number of rotatable bonds is 19. The van der Waals surface area contributed by atoms with Crippen LogP contribution >= 0.6 is 11.8 Å². The molecular weight excluding hydrogens is 344 g/mol. The van der Waals surface area contributed by atoms with Crippen LogP contribution in [0.1, 0.15) is 97.3 Å². The molecule has 0 heterocycles. The number of thioether (sulfide) groups is 1. The van der Waals surface area contributed by atoms with Crippen molar-refractivity contribution in [2.45, 2.75) is 103 Å². The molecule has 0 aliphatic rings. The van der Waals surface area contributed by atoms with Gasteiger partial charge in [0.15, 0.2) is 0 Å². The molecule has 0 saturated heterocycles. The fraction of sp³-hybridized carbons (Fsp3) is 0.818. The summed E-state index contributed by atoms with van der Waals surface area (Å²) < 4.78 is 4.89. The third-order valence-electron chi connectivity index (χ3n) is 4.33. The van der Waals surface area contributed by atoms with Crippen molar-refractivity contribution in [3.63, 3.8) is 0 Å². The van der Waals surface area contributed by atoms with Gasteiger partial charge in [-0.15, -0.1) is 11.8 Å². The summed E-state index contributed by atoms with van der Waals surface area (Å²) in [5.74, 6) is 0.664. The molecule has 3 nitrogen and oxygen atoms in total. The fourth-order valence-electron chi connectivity index (χ4n) is 2.79. The minimum Gasteiger partial charge on any atom is -0.466 e. The minimum absolute atomic E-state index is 0.0830. The van der Waals surface area contributed by atoms with Gasteiger partial charge in [-0.3, -0.25) is 4.79 Å². The molecule has 0 bridgehead atoms. The highest BCUT2D eigenvalue weighted by Crippen LogP contribution is 2.15. The van der Waals surface area contributed by atoms with Gasteiger partial charge in [0.05, 0.1) is 11.9 Å². The normalized spacial score (nSPS) is 12.4. The molecule has 4 heteroatoms. The van der Waals surface area contributed by atoms with Crippen LogP contribution in [0.4, 0.5) is 0 Å². The van der Waals surface area contributed by atoms with E-state index in [-0.39, 0.29) is 11.2 Å². The number of hydrogen-bond acceptors (Lipinski definition) is 4. The highest BCUT2D eigenvalue weighted by molar-refractivity contribution is 8.00. The summed E-state index contributed by atoms with van der Waals surface area (Å²) in [5.41, 5.74) is 0. The molecule has 0 aromatic carbocycles. The summed E-state index contributed by atoms with van der Waals surface area (Å²) in [6.07, 6.45) is 20.9. The van der Waals surface area contributed by atoms with Gasteiger partial charge in [0.1, 0.15) is 6.29 Å². The first kappa shape index (κ1) is 25.2. The van der Waals surface area contributed by atoms with Crippen molar-refractivity contribution >= 4 is 24.0 Å². The molecule has 0 aromatic rings. The molecule has 0 N–H and O–H groups in total. The number of unbranched alkanes of at least 4 members (excludes halogenated alkanes) is 10. The second-order valence-corrected chi connectivity index (χ2v) is 8.06. The Labute approximate surface area is 165 Å². The third kappa shape index (κ3) is 18.0. The average molecular weight is 385 g/mol. The highest BCUT2D eigenvalue weighted by Gasteiger charge is 2.05. The van der Waals surface area contributed by atoms with Gasteiger partial charge in [0.25, 0.3) is 0 Å². The lowest BCUT2D eigenvalue weighted by Gasteiger charge is -2.05. The smallest absolute Gasteiger partial charge is 0.305 e. The van der Waals surface area contributed by atoms with Crippen LogP contribution < -0.4 is 0 Å². The summed E-state index contributed by atoms with van der Waals surface area (Å²) >= 11 is 1.60. The number of hydrogen-bond donors (Lipinski definition) is 0. The highest BCUT2D eigenvalue weighted by atomic mass is 32.2. The number of allylic oxidation sites excluding steroid dienone is 1. The van der Waals surface area contributed by atoms with Crippen molar-refractivity contribution in [1.82, 2.24) is 0 Å². The summed E-state index contributed by atoms with van der Waals surface area (Å²) in [4.78, 5) is 22.3. The van der Waals surface area contributed by atoms with E-state index < -0.39 is 0 Å². The predicted octanol–water partition coefficient (Wildman–Crippen LogP) is 6.50. The number of aldehydes is 1. The van der Waals surface area contributed by atoms with E-state index in [1.165, 1.54) is 64.2 Å². The molecule has 0 spiro atoms. The zero-order valence-corrected chi connectivity index (χ0v) is 17.9. The van der Waals surface area contributed by atoms with Crippen molar-refractivity contribution in [1.29, 1.82) is 0 Å². The minimum atomic E-state index is -0.146. The SMILES string of the molecule is CCCCCCCCCCCC/C=C\C(C=O)SCCCC(=O)OCC. The van der Waals surface area contributed by atoms with Gasteiger partial charge < -0.3 is 9.53 Å². The molecule has 26 heavy (non-hydrogen) atoms. The first-order valence-electron chi connectivity index (χ1n) is 10.6. The Hall–Kier alpha value is -0.770. The first-order valence-corrected chi connectivity index (χ1v) is 11.7. The molecule has 0 fully saturated rings. The fourth-order valence-corrected chi connectivity index (χ4v) is 3.67. The van der Waals surface area contributed by atoms with Gasteiger partial charge in [0.2, 0.25) is 0 Å². The zero-order valence-electron chi connectivity index (χ0n) is 17.0. The number of carbonyl (C=O) groups excluding carboxylic acids is 2. The molecule has 0 saturated carbocycles. The summed E-state index contributed by atoms with van der Waals surface area (Å²) in [7, 11) is 0. The Morgan fingerprint density at radius 3 is 2.12 bits per heavy atom. The largest absolute Gasteiger partial charge is 0.466 e. The van der Waals surface area contributed by atoms with E-state index in [2.05, 4.69) is 13.0 Å². The topological polar surface area (TPSA) is 43.4 Å². The molecule has 152 valence electrons. The lowest BCUT2D eigenvalue weighted by molar-refractivity contribution is -0.143. The van der Waals surface area contributed by atoms with Crippen LogP contribution in [0.5, 0.6) is 0 Å². The second kappa shape index (κ2) is 20.5. The Bertz CT molecular complexity index is 355. The van der Waals surface area contributed by atoms with E-state index in [1.807, 2.05) is 13.0 Å². The maximum atomic E-state index is 11.2. The van der Waals surface area contributed by atoms with Crippen molar-refractivity contribution < 1.29 is 14.3 Å². The number of carbonyl (C=O) groups is 2. The summed E-state index contributed by atoms with van der Waals surface area (Å²) in [6.45, 7) is 4.51. The van der Waals surface area contributed by atoms with Gasteiger partial charge in [-0.25, -0.2) is 0 Å². The van der Waals surface area contributed by atoms with Gasteiger partial charge in [-0.1, -0.05) is 76.9 Å². The van der Waals surface area contributed by atoms with Gasteiger partial charge in [-0.2, -0.15) is 0 Å². The van der Waals surface area contributed by atoms with E-state index in [1.54, 1.807) is 11.8 Å². The molecular formula is C22H40O3S. The van der Waals surface area contributed by atoms with E-state index in [4.69, 9.17) is 4.74 Å². The van der Waals surface area contributed by atoms with Crippen molar-refractivity contribution in [2.24, 2.45) is 0 Å². The van der Waals surface area contributed by atoms with Crippen LogP contribution in [-0.4, -0.2) is 29.9 Å². The zero-order chi connectivity index (χ0) is 19.3. The molecule has 0 aromatic heterocycles. The maximum Gasteiger partial charge on any atom is 0.305 e. The monoisotopic (exact) mass is 384 g/mol. The molecule has 1 atom stereocenters. The quantitative estimate of drug-likeness (QED) is 0.110. The average Bonchev–Trinajstić information content (AvgIpc) is 2.64. The lowest BCUT2D eigenvalue weighted by Crippen LogP contribution is -2.05. The molecule has 0 rings (SSSR count). The van der Waals surface area contributed by atoms with Crippen LogP contribution in [0.3, 0.4) is 0 Å². The van der Waals surface area contributed by atoms with Crippen molar-refractivity contribution in [2.75, 3.05) is 12.4 Å². The van der Waals surface area contributed by atoms with Gasteiger partial charge in [-0.05, 0) is 31.9 Å². The Balaban J connectivity index is 3.48. The van der Waals surface area contributed by atoms with Crippen LogP contribution in [0, 0.1) is 0 Å². The van der Waals surface area contributed by atoms with Crippen LogP contribution in [-0.2, 0) is 14.3 Å². The molecule has 0 aliphatic heterocycles. The Morgan fingerprint density at radius 2 is 1.54 bits per heavy atom. The van der Waals surface area contributed by atoms with Gasteiger partial charge in [0, 0.05) is 6.42 Å². The lowest BCUT2D eigenvalue weighted by atomic mass is 10.1. The van der Waals surface area contributed by atoms with E-state index in [9.17, 15) is 9.59 Å². The maximum absolute atomic E-state index is 11.2. The molecule has 0 aliphatic carbocycles. The molecule has 0 radical (unpaired) electrons. The number of esters is 1. The van der Waals surface area contributed by atoms with Crippen LogP contribution in [0.2, 0.25) is 0 Å². The van der Waals surface area contributed by atoms with Crippen LogP contribution in [0.15, 0.2) is 12.2 Å². The van der Waals surface area contributed by atoms with Crippen LogP contribution in [0.25, 0.3) is 0 Å². The Kier molecular flexibility index (Phi) is 19.9. The van der Waals surface area contributed by atoms with E-state index in [0.29, 0.717) is 13.0 Å². The van der Waals surface area contributed by atoms with Crippen molar-refractivity contribution in [3.8, 4) is 0 Å². The second-order valence-electron chi connectivity index (χ2n) is 6.78. The standard InChI is InChI=1S/C22H40O3S/c1-3-5-6-7-8-9-10-11-12-13-14-15-17-21(20-23)26-19-16-18-22(24)25-4-2/h15,17,20-21H,3-14,16,18-19H2,1-2H3/b17-15-. The predicted molar refractivity (Wildman–Crippen MR) is 114 cm³/mol. The first-order chi connectivity index (χ1) is 12.7. The van der Waals surface area contributed by atoms with E-state index in [0.717, 1.165) is 24.9 Å². The van der Waals surface area contributed by atoms with E-state index >= 15 is 0 Å². The van der Waals surface area contributed by atoms with Gasteiger partial charge >= 0.3 is 5.97 Å². The molecule has 0 amide bonds. The summed E-state index contributed by atoms with van der Waals surface area (Å²) in [6, 6.07) is 0. The Morgan fingerprint density at radius 1 is 0.923 bits per heavy atom.